The van der Waals surface area contributed by atoms with Gasteiger partial charge in [0.15, 0.2) is 11.5 Å². The number of nitrogens with one attached hydrogen (secondary N) is 1. The highest BCUT2D eigenvalue weighted by atomic mass is 19.1. The summed E-state index contributed by atoms with van der Waals surface area (Å²) in [5, 5.41) is 4.21. The molecule has 3 aromatic carbocycles. The highest BCUT2D eigenvalue weighted by molar-refractivity contribution is 5.85. The molecule has 3 aromatic rings. The van der Waals surface area contributed by atoms with Gasteiger partial charge >= 0.3 is 0 Å². The molecule has 0 saturated heterocycles. The highest BCUT2D eigenvalue weighted by Gasteiger charge is 2.09. The summed E-state index contributed by atoms with van der Waals surface area (Å²) in [5.41, 5.74) is 6.60. The van der Waals surface area contributed by atoms with Crippen LogP contribution >= 0.6 is 0 Å². The topological polar surface area (TPSA) is 42.8 Å². The van der Waals surface area contributed by atoms with Gasteiger partial charge in [-0.25, -0.2) is 4.39 Å². The zero-order valence-corrected chi connectivity index (χ0v) is 15.3. The summed E-state index contributed by atoms with van der Waals surface area (Å²) in [6.45, 7) is 2.47. The van der Waals surface area contributed by atoms with E-state index in [9.17, 15) is 4.39 Å². The predicted molar refractivity (Wildman–Crippen MR) is 106 cm³/mol. The van der Waals surface area contributed by atoms with Gasteiger partial charge in [-0.2, -0.15) is 5.10 Å². The average Bonchev–Trinajstić information content (AvgIpc) is 2.68. The number of hydrogen-bond acceptors (Lipinski definition) is 4. The first-order valence-corrected chi connectivity index (χ1v) is 8.55. The highest BCUT2D eigenvalue weighted by Crippen LogP contribution is 2.31. The van der Waals surface area contributed by atoms with Gasteiger partial charge in [0.1, 0.15) is 12.4 Å². The van der Waals surface area contributed by atoms with Gasteiger partial charge in [0.25, 0.3) is 0 Å². The summed E-state index contributed by atoms with van der Waals surface area (Å²) in [6.07, 6.45) is 1.65. The van der Waals surface area contributed by atoms with E-state index < -0.39 is 0 Å². The molecule has 0 aromatic heterocycles. The molecule has 0 fully saturated rings. The van der Waals surface area contributed by atoms with Crippen molar-refractivity contribution in [3.05, 3.63) is 89.2 Å². The third-order valence-corrected chi connectivity index (χ3v) is 3.94. The molecule has 0 radical (unpaired) electrons. The number of rotatable bonds is 7. The minimum absolute atomic E-state index is 0.288. The Morgan fingerprint density at radius 2 is 1.81 bits per heavy atom. The lowest BCUT2D eigenvalue weighted by atomic mass is 10.1. The molecular weight excluding hydrogens is 343 g/mol. The van der Waals surface area contributed by atoms with Crippen molar-refractivity contribution in [2.45, 2.75) is 13.5 Å². The molecule has 1 N–H and O–H groups in total. The largest absolute Gasteiger partial charge is 0.493 e. The third kappa shape index (κ3) is 5.07. The zero-order chi connectivity index (χ0) is 19.1. The van der Waals surface area contributed by atoms with E-state index in [0.29, 0.717) is 23.8 Å². The van der Waals surface area contributed by atoms with Crippen molar-refractivity contribution in [3.63, 3.8) is 0 Å². The van der Waals surface area contributed by atoms with Gasteiger partial charge in [-0.1, -0.05) is 35.9 Å². The normalized spacial score (nSPS) is 10.8. The quantitative estimate of drug-likeness (QED) is 0.465. The van der Waals surface area contributed by atoms with Crippen LogP contribution in [0.2, 0.25) is 0 Å². The number of hydrazone groups is 1. The molecular formula is C22H21FN2O2. The first-order chi connectivity index (χ1) is 13.2. The Morgan fingerprint density at radius 3 is 2.56 bits per heavy atom. The van der Waals surface area contributed by atoms with E-state index in [1.807, 2.05) is 43.3 Å². The number of anilines is 1. The van der Waals surface area contributed by atoms with Gasteiger partial charge in [-0.05, 0) is 48.9 Å². The molecule has 4 nitrogen and oxygen atoms in total. The molecule has 0 amide bonds. The molecule has 0 unspecified atom stereocenters. The van der Waals surface area contributed by atoms with Crippen LogP contribution in [0.4, 0.5) is 10.1 Å². The van der Waals surface area contributed by atoms with Crippen LogP contribution in [-0.4, -0.2) is 13.3 Å². The van der Waals surface area contributed by atoms with E-state index in [4.69, 9.17) is 9.47 Å². The van der Waals surface area contributed by atoms with Crippen LogP contribution in [0.25, 0.3) is 0 Å². The molecule has 0 heterocycles. The van der Waals surface area contributed by atoms with E-state index in [1.54, 1.807) is 25.5 Å². The van der Waals surface area contributed by atoms with Crippen LogP contribution in [0.15, 0.2) is 71.8 Å². The zero-order valence-electron chi connectivity index (χ0n) is 15.3. The SMILES string of the molecule is COc1cccc(/C=N/Nc2ccc(F)cc2)c1OCc1cccc(C)c1. The second-order valence-corrected chi connectivity index (χ2v) is 6.03. The molecule has 5 heteroatoms. The van der Waals surface area contributed by atoms with Crippen LogP contribution < -0.4 is 14.9 Å². The van der Waals surface area contributed by atoms with Gasteiger partial charge in [-0.15, -0.1) is 0 Å². The minimum Gasteiger partial charge on any atom is -0.493 e. The van der Waals surface area contributed by atoms with Gasteiger partial charge in [0.05, 0.1) is 19.0 Å². The van der Waals surface area contributed by atoms with E-state index in [0.717, 1.165) is 11.1 Å². The minimum atomic E-state index is -0.288. The lowest BCUT2D eigenvalue weighted by molar-refractivity contribution is 0.284. The monoisotopic (exact) mass is 364 g/mol. The molecule has 0 atom stereocenters. The molecule has 27 heavy (non-hydrogen) atoms. The van der Waals surface area contributed by atoms with Crippen LogP contribution in [0, 0.1) is 12.7 Å². The second kappa shape index (κ2) is 8.85. The van der Waals surface area contributed by atoms with Crippen molar-refractivity contribution >= 4 is 11.9 Å². The fourth-order valence-electron chi connectivity index (χ4n) is 2.61. The molecule has 0 aliphatic heterocycles. The summed E-state index contributed by atoms with van der Waals surface area (Å²) >= 11 is 0. The summed E-state index contributed by atoms with van der Waals surface area (Å²) in [7, 11) is 1.60. The molecule has 0 bridgehead atoms. The number of para-hydroxylation sites is 1. The third-order valence-electron chi connectivity index (χ3n) is 3.94. The van der Waals surface area contributed by atoms with Crippen molar-refractivity contribution in [1.82, 2.24) is 0 Å². The Labute approximate surface area is 158 Å². The van der Waals surface area contributed by atoms with Gasteiger partial charge in [-0.3, -0.25) is 5.43 Å². The first kappa shape index (κ1) is 18.5. The van der Waals surface area contributed by atoms with Crippen molar-refractivity contribution < 1.29 is 13.9 Å². The number of benzene rings is 3. The van der Waals surface area contributed by atoms with Gasteiger partial charge in [0.2, 0.25) is 0 Å². The number of aryl methyl sites for hydroxylation is 1. The van der Waals surface area contributed by atoms with E-state index in [1.165, 1.54) is 17.7 Å². The maximum absolute atomic E-state index is 13.0. The maximum atomic E-state index is 13.0. The Morgan fingerprint density at radius 1 is 1.04 bits per heavy atom. The van der Waals surface area contributed by atoms with Crippen LogP contribution in [0.5, 0.6) is 11.5 Å². The number of hydrogen-bond donors (Lipinski definition) is 1. The number of ether oxygens (including phenoxy) is 2. The van der Waals surface area contributed by atoms with Gasteiger partial charge in [0, 0.05) is 5.56 Å². The fourth-order valence-corrected chi connectivity index (χ4v) is 2.61. The fraction of sp³-hybridized carbons (Fsp3) is 0.136. The molecule has 0 spiro atoms. The average molecular weight is 364 g/mol. The Balaban J connectivity index is 1.76. The Hall–Kier alpha value is -3.34. The maximum Gasteiger partial charge on any atom is 0.170 e. The smallest absolute Gasteiger partial charge is 0.170 e. The van der Waals surface area contributed by atoms with Crippen LogP contribution in [-0.2, 0) is 6.61 Å². The lowest BCUT2D eigenvalue weighted by Gasteiger charge is -2.13. The van der Waals surface area contributed by atoms with Crippen LogP contribution in [0.3, 0.4) is 0 Å². The van der Waals surface area contributed by atoms with E-state index >= 15 is 0 Å². The number of methoxy groups -OCH3 is 1. The van der Waals surface area contributed by atoms with Crippen LogP contribution in [0.1, 0.15) is 16.7 Å². The molecule has 0 aliphatic rings. The van der Waals surface area contributed by atoms with Crippen molar-refractivity contribution in [2.24, 2.45) is 5.10 Å². The van der Waals surface area contributed by atoms with Gasteiger partial charge < -0.3 is 9.47 Å². The number of halogens is 1. The lowest BCUT2D eigenvalue weighted by Crippen LogP contribution is -2.01. The standard InChI is InChI=1S/C22H21FN2O2/c1-16-5-3-6-17(13-16)15-27-22-18(7-4-8-21(22)26-2)14-24-25-20-11-9-19(23)10-12-20/h3-14,25H,15H2,1-2H3/b24-14+. The summed E-state index contributed by atoms with van der Waals surface area (Å²) in [6, 6.07) is 19.8. The summed E-state index contributed by atoms with van der Waals surface area (Å²) in [4.78, 5) is 0. The molecule has 0 aliphatic carbocycles. The number of nitrogens with zero attached hydrogens (tertiary/aromatic N) is 1. The molecule has 138 valence electrons. The van der Waals surface area contributed by atoms with E-state index in [2.05, 4.69) is 16.6 Å². The van der Waals surface area contributed by atoms with Crippen molar-refractivity contribution in [3.8, 4) is 11.5 Å². The molecule has 0 saturated carbocycles. The van der Waals surface area contributed by atoms with Crippen molar-refractivity contribution in [2.75, 3.05) is 12.5 Å². The molecule has 3 rings (SSSR count). The van der Waals surface area contributed by atoms with Crippen molar-refractivity contribution in [1.29, 1.82) is 0 Å². The Bertz CT molecular complexity index is 924. The summed E-state index contributed by atoms with van der Waals surface area (Å²) in [5.74, 6) is 0.962. The van der Waals surface area contributed by atoms with E-state index in [-0.39, 0.29) is 5.82 Å². The summed E-state index contributed by atoms with van der Waals surface area (Å²) < 4.78 is 24.4. The first-order valence-electron chi connectivity index (χ1n) is 8.55. The predicted octanol–water partition coefficient (Wildman–Crippen LogP) is 5.17. The Kier molecular flexibility index (Phi) is 6.05. The second-order valence-electron chi connectivity index (χ2n) is 6.03.